The van der Waals surface area contributed by atoms with Crippen molar-refractivity contribution in [2.24, 2.45) is 7.05 Å². The van der Waals surface area contributed by atoms with Crippen LogP contribution in [0.4, 0.5) is 0 Å². The predicted octanol–water partition coefficient (Wildman–Crippen LogP) is 1.04. The molecule has 14 heavy (non-hydrogen) atoms. The van der Waals surface area contributed by atoms with E-state index in [0.717, 1.165) is 0 Å². The number of aromatic nitrogens is 1. The fourth-order valence-electron chi connectivity index (χ4n) is 1.33. The Kier molecular flexibility index (Phi) is 3.45. The van der Waals surface area contributed by atoms with E-state index in [4.69, 9.17) is 0 Å². The summed E-state index contributed by atoms with van der Waals surface area (Å²) >= 11 is 0. The van der Waals surface area contributed by atoms with Crippen molar-refractivity contribution in [1.29, 1.82) is 0 Å². The number of aryl methyl sites for hydroxylation is 1. The Hall–Kier alpha value is -0.666. The molecule has 0 saturated carbocycles. The minimum atomic E-state index is -0.323. The standard InChI is InChI=1S/C10H8NO2.Y/c1-11-8-5-3-2-4-7(8)9(12)6-10(11)13;/h2-5,12H,1H3;/q-1;. The van der Waals surface area contributed by atoms with Crippen LogP contribution in [0.25, 0.3) is 10.9 Å². The van der Waals surface area contributed by atoms with Crippen LogP contribution in [0.15, 0.2) is 29.1 Å². The molecule has 4 heteroatoms. The normalized spacial score (nSPS) is 9.79. The van der Waals surface area contributed by atoms with E-state index in [1.807, 2.05) is 6.07 Å². The summed E-state index contributed by atoms with van der Waals surface area (Å²) in [6.45, 7) is 0. The zero-order valence-corrected chi connectivity index (χ0v) is 10.5. The van der Waals surface area contributed by atoms with Gasteiger partial charge in [0.25, 0.3) is 0 Å². The van der Waals surface area contributed by atoms with Gasteiger partial charge in [-0.2, -0.15) is 0 Å². The number of nitrogens with zero attached hydrogens (tertiary/aromatic N) is 1. The molecular formula is C10H8NO2Y-. The van der Waals surface area contributed by atoms with E-state index in [1.54, 1.807) is 25.2 Å². The number of aromatic hydroxyl groups is 1. The zero-order valence-electron chi connectivity index (χ0n) is 7.69. The molecule has 1 N–H and O–H groups in total. The summed E-state index contributed by atoms with van der Waals surface area (Å²) in [5.41, 5.74) is 0.389. The van der Waals surface area contributed by atoms with Crippen LogP contribution in [0.1, 0.15) is 0 Å². The fraction of sp³-hybridized carbons (Fsp3) is 0.100. The number of hydrogen-bond acceptors (Lipinski definition) is 2. The van der Waals surface area contributed by atoms with Crippen molar-refractivity contribution < 1.29 is 37.8 Å². The van der Waals surface area contributed by atoms with E-state index in [-0.39, 0.29) is 44.0 Å². The molecule has 0 unspecified atom stereocenters. The topological polar surface area (TPSA) is 42.2 Å². The maximum Gasteiger partial charge on any atom is 0.161 e. The molecule has 69 valence electrons. The second-order valence-corrected chi connectivity index (χ2v) is 2.85. The number of fused-ring (bicyclic) bond motifs is 1. The summed E-state index contributed by atoms with van der Waals surface area (Å²) in [5.74, 6) is -0.0845. The van der Waals surface area contributed by atoms with Crippen LogP contribution in [0.2, 0.25) is 0 Å². The fourth-order valence-corrected chi connectivity index (χ4v) is 1.33. The molecule has 0 atom stereocenters. The third-order valence-corrected chi connectivity index (χ3v) is 2.05. The van der Waals surface area contributed by atoms with E-state index in [2.05, 4.69) is 6.07 Å². The zero-order chi connectivity index (χ0) is 9.42. The molecule has 0 amide bonds. The van der Waals surface area contributed by atoms with Crippen molar-refractivity contribution >= 4 is 10.9 Å². The van der Waals surface area contributed by atoms with Gasteiger partial charge >= 0.3 is 0 Å². The van der Waals surface area contributed by atoms with Crippen LogP contribution in [0, 0.1) is 6.07 Å². The summed E-state index contributed by atoms with van der Waals surface area (Å²) in [5, 5.41) is 10.1. The van der Waals surface area contributed by atoms with Gasteiger partial charge in [-0.25, -0.2) is 0 Å². The Balaban J connectivity index is 0.000000980. The van der Waals surface area contributed by atoms with Crippen molar-refractivity contribution in [2.45, 2.75) is 0 Å². The Labute approximate surface area is 106 Å². The third-order valence-electron chi connectivity index (χ3n) is 2.05. The molecule has 0 saturated heterocycles. The van der Waals surface area contributed by atoms with Gasteiger partial charge in [0.15, 0.2) is 5.56 Å². The summed E-state index contributed by atoms with van der Waals surface area (Å²) in [4.78, 5) is 11.2. The van der Waals surface area contributed by atoms with Gasteiger partial charge in [0.2, 0.25) is 0 Å². The molecule has 1 radical (unpaired) electrons. The van der Waals surface area contributed by atoms with Gasteiger partial charge in [-0.15, -0.1) is 17.5 Å². The van der Waals surface area contributed by atoms with Gasteiger partial charge in [-0.3, -0.25) is 4.79 Å². The average molecular weight is 263 g/mol. The third kappa shape index (κ3) is 1.75. The first-order valence-electron chi connectivity index (χ1n) is 3.90. The first-order chi connectivity index (χ1) is 6.20. The SMILES string of the molecule is Cn1c(=O)[c-]c(O)c2ccccc21.[Y]. The molecule has 1 aromatic carbocycles. The first kappa shape index (κ1) is 11.4. The predicted molar refractivity (Wildman–Crippen MR) is 49.7 cm³/mol. The van der Waals surface area contributed by atoms with E-state index in [9.17, 15) is 9.90 Å². The van der Waals surface area contributed by atoms with Gasteiger partial charge in [0, 0.05) is 39.8 Å². The molecular weight excluding hydrogens is 255 g/mol. The first-order valence-corrected chi connectivity index (χ1v) is 3.90. The quantitative estimate of drug-likeness (QED) is 0.722. The van der Waals surface area contributed by atoms with Crippen LogP contribution in [-0.4, -0.2) is 9.67 Å². The second kappa shape index (κ2) is 4.24. The summed E-state index contributed by atoms with van der Waals surface area (Å²) in [6.07, 6.45) is 0. The Morgan fingerprint density at radius 3 is 2.71 bits per heavy atom. The molecule has 3 nitrogen and oxygen atoms in total. The van der Waals surface area contributed by atoms with Crippen molar-refractivity contribution in [3.05, 3.63) is 40.7 Å². The number of pyridine rings is 1. The number of rotatable bonds is 0. The molecule has 2 aromatic rings. The van der Waals surface area contributed by atoms with Crippen LogP contribution < -0.4 is 5.56 Å². The molecule has 0 fully saturated rings. The van der Waals surface area contributed by atoms with Crippen molar-refractivity contribution in [3.8, 4) is 5.75 Å². The number of hydrogen-bond donors (Lipinski definition) is 1. The number of para-hydroxylation sites is 1. The Morgan fingerprint density at radius 1 is 1.36 bits per heavy atom. The molecule has 2 rings (SSSR count). The number of benzene rings is 1. The van der Waals surface area contributed by atoms with Gasteiger partial charge < -0.3 is 9.67 Å². The summed E-state index contributed by atoms with van der Waals surface area (Å²) < 4.78 is 1.45. The Bertz CT molecular complexity index is 519. The monoisotopic (exact) mass is 263 g/mol. The summed E-state index contributed by atoms with van der Waals surface area (Å²) in [6, 6.07) is 9.50. The minimum absolute atomic E-state index is 0. The van der Waals surface area contributed by atoms with E-state index in [0.29, 0.717) is 10.9 Å². The van der Waals surface area contributed by atoms with E-state index in [1.165, 1.54) is 4.57 Å². The molecule has 0 spiro atoms. The van der Waals surface area contributed by atoms with Crippen LogP contribution in [0.5, 0.6) is 5.75 Å². The minimum Gasteiger partial charge on any atom is -0.545 e. The molecule has 1 aromatic heterocycles. The van der Waals surface area contributed by atoms with Gasteiger partial charge in [0.05, 0.1) is 0 Å². The molecule has 0 bridgehead atoms. The van der Waals surface area contributed by atoms with Gasteiger partial charge in [0.1, 0.15) is 0 Å². The maximum atomic E-state index is 11.2. The van der Waals surface area contributed by atoms with E-state index < -0.39 is 0 Å². The van der Waals surface area contributed by atoms with Gasteiger partial charge in [-0.05, 0) is 11.3 Å². The summed E-state index contributed by atoms with van der Waals surface area (Å²) in [7, 11) is 1.65. The average Bonchev–Trinajstić information content (AvgIpc) is 2.15. The van der Waals surface area contributed by atoms with Crippen molar-refractivity contribution in [3.63, 3.8) is 0 Å². The Morgan fingerprint density at radius 2 is 2.00 bits per heavy atom. The molecule has 0 aliphatic carbocycles. The molecule has 0 aliphatic rings. The van der Waals surface area contributed by atoms with Crippen molar-refractivity contribution in [1.82, 2.24) is 4.57 Å². The maximum absolute atomic E-state index is 11.2. The van der Waals surface area contributed by atoms with Crippen LogP contribution in [-0.2, 0) is 39.8 Å². The molecule has 0 aliphatic heterocycles. The smallest absolute Gasteiger partial charge is 0.161 e. The second-order valence-electron chi connectivity index (χ2n) is 2.85. The largest absolute Gasteiger partial charge is 0.545 e. The van der Waals surface area contributed by atoms with E-state index >= 15 is 0 Å². The van der Waals surface area contributed by atoms with Crippen LogP contribution >= 0.6 is 0 Å². The van der Waals surface area contributed by atoms with Crippen molar-refractivity contribution in [2.75, 3.05) is 0 Å². The molecule has 1 heterocycles. The van der Waals surface area contributed by atoms with Crippen LogP contribution in [0.3, 0.4) is 0 Å². The van der Waals surface area contributed by atoms with Gasteiger partial charge in [-0.1, -0.05) is 18.2 Å².